The van der Waals surface area contributed by atoms with E-state index in [9.17, 15) is 9.59 Å². The van der Waals surface area contributed by atoms with E-state index in [1.165, 1.54) is 4.57 Å². The first-order valence-corrected chi connectivity index (χ1v) is 12.6. The molecule has 0 fully saturated rings. The summed E-state index contributed by atoms with van der Waals surface area (Å²) in [6.07, 6.45) is -1.14. The molecule has 8 heteroatoms. The second kappa shape index (κ2) is 8.99. The highest BCUT2D eigenvalue weighted by Gasteiger charge is 2.33. The molecule has 0 spiro atoms. The number of ether oxygens (including phenoxy) is 2. The summed E-state index contributed by atoms with van der Waals surface area (Å²) in [5.74, 6) is 0.397. The molecule has 3 N–H and O–H groups in total. The Morgan fingerprint density at radius 3 is 2.24 bits per heavy atom. The zero-order chi connectivity index (χ0) is 27.4. The molecule has 38 heavy (non-hydrogen) atoms. The fourth-order valence-electron chi connectivity index (χ4n) is 4.74. The number of rotatable bonds is 2. The van der Waals surface area contributed by atoms with Gasteiger partial charge in [-0.05, 0) is 88.1 Å². The molecular weight excluding hydrogens is 480 g/mol. The molecule has 0 radical (unpaired) electrons. The Kier molecular flexibility index (Phi) is 6.03. The monoisotopic (exact) mass is 512 g/mol. The Balaban J connectivity index is 1.76. The van der Waals surface area contributed by atoms with Gasteiger partial charge in [0, 0.05) is 11.3 Å². The number of nitrogens with one attached hydrogen (secondary N) is 1. The lowest BCUT2D eigenvalue weighted by atomic mass is 9.97. The highest BCUT2D eigenvalue weighted by atomic mass is 16.6. The minimum atomic E-state index is -0.712. The van der Waals surface area contributed by atoms with E-state index in [0.717, 1.165) is 22.3 Å². The van der Waals surface area contributed by atoms with Gasteiger partial charge in [-0.25, -0.2) is 19.1 Å². The van der Waals surface area contributed by atoms with E-state index < -0.39 is 29.4 Å². The molecule has 1 aliphatic carbocycles. The normalized spacial score (nSPS) is 14.7. The second-order valence-corrected chi connectivity index (χ2v) is 11.4. The average molecular weight is 513 g/mol. The number of hydrogen-bond donors (Lipinski definition) is 2. The molecule has 0 saturated carbocycles. The van der Waals surface area contributed by atoms with Crippen molar-refractivity contribution in [3.05, 3.63) is 71.8 Å². The molecule has 1 amide bonds. The fourth-order valence-corrected chi connectivity index (χ4v) is 4.74. The van der Waals surface area contributed by atoms with Crippen molar-refractivity contribution >= 4 is 28.9 Å². The number of aromatic nitrogens is 2. The quantitative estimate of drug-likeness (QED) is 0.304. The number of nitrogens with two attached hydrogens (primary N) is 1. The molecule has 5 rings (SSSR count). The van der Waals surface area contributed by atoms with Gasteiger partial charge < -0.3 is 15.2 Å². The molecule has 3 aromatic carbocycles. The molecule has 0 bridgehead atoms. The summed E-state index contributed by atoms with van der Waals surface area (Å²) in [5.41, 5.74) is 11.3. The van der Waals surface area contributed by atoms with Crippen molar-refractivity contribution in [2.75, 3.05) is 5.32 Å². The summed E-state index contributed by atoms with van der Waals surface area (Å²) in [5, 5.41) is 2.84. The molecule has 0 aliphatic heterocycles. The number of hydrogen-bond acceptors (Lipinski definition) is 6. The first kappa shape index (κ1) is 25.5. The number of carbonyl (C=O) groups excluding carboxylic acids is 2. The lowest BCUT2D eigenvalue weighted by Gasteiger charge is -2.22. The Hall–Kier alpha value is -4.17. The third-order valence-electron chi connectivity index (χ3n) is 6.09. The maximum Gasteiger partial charge on any atom is 0.420 e. The largest absolute Gasteiger partial charge is 0.444 e. The number of carbonyl (C=O) groups is 2. The van der Waals surface area contributed by atoms with Crippen LogP contribution in [-0.2, 0) is 9.47 Å². The van der Waals surface area contributed by atoms with Crippen molar-refractivity contribution in [2.45, 2.75) is 58.8 Å². The summed E-state index contributed by atoms with van der Waals surface area (Å²) < 4.78 is 12.8. The zero-order valence-corrected chi connectivity index (χ0v) is 22.5. The van der Waals surface area contributed by atoms with Crippen molar-refractivity contribution in [2.24, 2.45) is 5.73 Å². The predicted octanol–water partition coefficient (Wildman–Crippen LogP) is 6.86. The van der Waals surface area contributed by atoms with Crippen molar-refractivity contribution < 1.29 is 19.1 Å². The van der Waals surface area contributed by atoms with E-state index in [0.29, 0.717) is 28.1 Å². The zero-order valence-electron chi connectivity index (χ0n) is 22.5. The molecule has 1 aromatic heterocycles. The lowest BCUT2D eigenvalue weighted by molar-refractivity contribution is 0.0545. The van der Waals surface area contributed by atoms with Crippen LogP contribution >= 0.6 is 0 Å². The van der Waals surface area contributed by atoms with E-state index >= 15 is 0 Å². The van der Waals surface area contributed by atoms with Gasteiger partial charge in [0.05, 0.1) is 17.1 Å². The summed E-state index contributed by atoms with van der Waals surface area (Å²) in [6.45, 7) is 10.9. The smallest absolute Gasteiger partial charge is 0.420 e. The van der Waals surface area contributed by atoms with Gasteiger partial charge in [-0.3, -0.25) is 5.32 Å². The Morgan fingerprint density at radius 2 is 1.53 bits per heavy atom. The Labute approximate surface area is 221 Å². The van der Waals surface area contributed by atoms with Crippen LogP contribution in [0.2, 0.25) is 0 Å². The molecule has 4 aromatic rings. The third kappa shape index (κ3) is 4.75. The van der Waals surface area contributed by atoms with Crippen LogP contribution in [0.15, 0.2) is 60.7 Å². The van der Waals surface area contributed by atoms with Gasteiger partial charge >= 0.3 is 12.2 Å². The minimum absolute atomic E-state index is 0.397. The summed E-state index contributed by atoms with van der Waals surface area (Å²) >= 11 is 0. The van der Waals surface area contributed by atoms with E-state index in [1.807, 2.05) is 75.4 Å². The van der Waals surface area contributed by atoms with Crippen LogP contribution in [-0.4, -0.2) is 32.9 Å². The summed E-state index contributed by atoms with van der Waals surface area (Å²) in [4.78, 5) is 31.1. The van der Waals surface area contributed by atoms with Crippen LogP contribution in [0, 0.1) is 0 Å². The van der Waals surface area contributed by atoms with Crippen LogP contribution in [0.1, 0.15) is 58.7 Å². The Bertz CT molecular complexity index is 1570. The number of para-hydroxylation sites is 2. The first-order chi connectivity index (χ1) is 17.8. The minimum Gasteiger partial charge on any atom is -0.444 e. The molecule has 0 saturated heterocycles. The predicted molar refractivity (Wildman–Crippen MR) is 148 cm³/mol. The van der Waals surface area contributed by atoms with E-state index in [-0.39, 0.29) is 0 Å². The van der Waals surface area contributed by atoms with Crippen molar-refractivity contribution in [3.8, 4) is 22.5 Å². The van der Waals surface area contributed by atoms with Crippen LogP contribution in [0.25, 0.3) is 33.5 Å². The fraction of sp³-hybridized carbons (Fsp3) is 0.300. The lowest BCUT2D eigenvalue weighted by Crippen LogP contribution is -2.28. The van der Waals surface area contributed by atoms with Gasteiger partial charge in [0.1, 0.15) is 11.2 Å². The van der Waals surface area contributed by atoms with Gasteiger partial charge in [0.2, 0.25) is 0 Å². The van der Waals surface area contributed by atoms with E-state index in [4.69, 9.17) is 20.2 Å². The highest BCUT2D eigenvalue weighted by Crippen LogP contribution is 2.48. The van der Waals surface area contributed by atoms with E-state index in [2.05, 4.69) is 5.32 Å². The van der Waals surface area contributed by atoms with Crippen LogP contribution in [0.5, 0.6) is 0 Å². The number of nitrogens with zero attached hydrogens (tertiary/aromatic N) is 2. The van der Waals surface area contributed by atoms with Gasteiger partial charge in [0.15, 0.2) is 5.82 Å². The standard InChI is InChI=1S/C30H32N4O4/c1-29(2,3)37-27(35)32-17-15-20-24(18-11-7-8-12-19(18)25(20)31)21(16-17)26-33-22-13-9-10-14-23(22)34(26)28(36)38-30(4,5)6/h7-16,25H,31H2,1-6H3,(H,32,35). The molecule has 1 aliphatic rings. The maximum absolute atomic E-state index is 13.5. The number of amides is 1. The highest BCUT2D eigenvalue weighted by molar-refractivity contribution is 5.99. The first-order valence-electron chi connectivity index (χ1n) is 12.6. The van der Waals surface area contributed by atoms with Gasteiger partial charge in [0.25, 0.3) is 0 Å². The SMILES string of the molecule is CC(C)(C)OC(=O)Nc1cc(-c2nc3ccccc3n2C(=O)OC(C)(C)C)c2c(c1)C(N)c1ccccc1-2. The number of benzene rings is 3. The van der Waals surface area contributed by atoms with E-state index in [1.54, 1.807) is 26.8 Å². The number of imidazole rings is 1. The van der Waals surface area contributed by atoms with Crippen molar-refractivity contribution in [1.82, 2.24) is 9.55 Å². The van der Waals surface area contributed by atoms with Gasteiger partial charge in [-0.15, -0.1) is 0 Å². The van der Waals surface area contributed by atoms with Crippen molar-refractivity contribution in [1.29, 1.82) is 0 Å². The average Bonchev–Trinajstić information content (AvgIpc) is 3.33. The molecule has 196 valence electrons. The summed E-state index contributed by atoms with van der Waals surface area (Å²) in [6, 6.07) is 18.5. The molecule has 1 atom stereocenters. The molecule has 1 unspecified atom stereocenters. The topological polar surface area (TPSA) is 108 Å². The van der Waals surface area contributed by atoms with Crippen molar-refractivity contribution in [3.63, 3.8) is 0 Å². The van der Waals surface area contributed by atoms with Crippen LogP contribution < -0.4 is 11.1 Å². The van der Waals surface area contributed by atoms with Gasteiger partial charge in [-0.1, -0.05) is 36.4 Å². The van der Waals surface area contributed by atoms with Crippen LogP contribution in [0.4, 0.5) is 15.3 Å². The Morgan fingerprint density at radius 1 is 0.868 bits per heavy atom. The molecule has 1 heterocycles. The summed E-state index contributed by atoms with van der Waals surface area (Å²) in [7, 11) is 0. The molecule has 8 nitrogen and oxygen atoms in total. The number of anilines is 1. The second-order valence-electron chi connectivity index (χ2n) is 11.4. The van der Waals surface area contributed by atoms with Crippen LogP contribution in [0.3, 0.4) is 0 Å². The third-order valence-corrected chi connectivity index (χ3v) is 6.09. The van der Waals surface area contributed by atoms with Gasteiger partial charge in [-0.2, -0.15) is 0 Å². The number of fused-ring (bicyclic) bond motifs is 4. The molecular formula is C30H32N4O4. The maximum atomic E-state index is 13.5.